The Balaban J connectivity index is 0.00000364. The van der Waals surface area contributed by atoms with Crippen molar-refractivity contribution < 1.29 is 18.3 Å². The van der Waals surface area contributed by atoms with Gasteiger partial charge in [-0.1, -0.05) is 12.1 Å². The minimum atomic E-state index is -2.81. The molecule has 8 heteroatoms. The van der Waals surface area contributed by atoms with Gasteiger partial charge in [-0.3, -0.25) is 9.69 Å². The van der Waals surface area contributed by atoms with E-state index in [1.807, 2.05) is 7.05 Å². The summed E-state index contributed by atoms with van der Waals surface area (Å²) in [6, 6.07) is 6.50. The summed E-state index contributed by atoms with van der Waals surface area (Å²) in [6.07, 6.45) is 4.18. The Kier molecular flexibility index (Phi) is 11.2. The Bertz CT molecular complexity index is 538. The second-order valence-corrected chi connectivity index (χ2v) is 6.73. The van der Waals surface area contributed by atoms with E-state index in [9.17, 15) is 13.6 Å². The van der Waals surface area contributed by atoms with Crippen molar-refractivity contribution in [2.75, 3.05) is 39.8 Å². The number of ether oxygens (including phenoxy) is 1. The number of benzene rings is 1. The maximum Gasteiger partial charge on any atom is 0.387 e. The van der Waals surface area contributed by atoms with Gasteiger partial charge in [0.15, 0.2) is 0 Å². The van der Waals surface area contributed by atoms with Gasteiger partial charge < -0.3 is 15.4 Å². The molecule has 1 amide bonds. The number of nitrogens with one attached hydrogen (secondary N) is 2. The van der Waals surface area contributed by atoms with Gasteiger partial charge in [-0.2, -0.15) is 8.78 Å². The summed E-state index contributed by atoms with van der Waals surface area (Å²) in [5.41, 5.74) is 0.970. The Morgan fingerprint density at radius 2 is 1.89 bits per heavy atom. The fourth-order valence-corrected chi connectivity index (χ4v) is 3.22. The molecule has 154 valence electrons. The molecule has 5 nitrogen and oxygen atoms in total. The van der Waals surface area contributed by atoms with E-state index in [1.165, 1.54) is 18.6 Å². The van der Waals surface area contributed by atoms with Crippen molar-refractivity contribution in [1.29, 1.82) is 0 Å². The van der Waals surface area contributed by atoms with Crippen LogP contribution in [0, 0.1) is 5.92 Å². The van der Waals surface area contributed by atoms with Gasteiger partial charge in [-0.15, -0.1) is 12.4 Å². The van der Waals surface area contributed by atoms with Crippen LogP contribution in [0.15, 0.2) is 24.3 Å². The van der Waals surface area contributed by atoms with Gasteiger partial charge in [0.1, 0.15) is 5.75 Å². The minimum Gasteiger partial charge on any atom is -0.435 e. The molecule has 27 heavy (non-hydrogen) atoms. The fourth-order valence-electron chi connectivity index (χ4n) is 3.22. The molecule has 0 saturated carbocycles. The van der Waals surface area contributed by atoms with E-state index < -0.39 is 6.61 Å². The van der Waals surface area contributed by atoms with Crippen LogP contribution >= 0.6 is 12.4 Å². The maximum absolute atomic E-state index is 12.1. The second-order valence-electron chi connectivity index (χ2n) is 6.73. The summed E-state index contributed by atoms with van der Waals surface area (Å²) in [4.78, 5) is 14.3. The molecule has 0 aliphatic carbocycles. The monoisotopic (exact) mass is 405 g/mol. The van der Waals surface area contributed by atoms with E-state index in [0.29, 0.717) is 19.5 Å². The van der Waals surface area contributed by atoms with Crippen molar-refractivity contribution in [2.45, 2.75) is 32.3 Å². The standard InChI is InChI=1S/C19H29F2N3O2.ClH/c1-22-10-6-16-8-12-24(13-9-16)14-18(25)23-11-7-15-2-4-17(5-3-15)26-19(20)21;/h2-5,16,19,22H,6-14H2,1H3,(H,23,25);1H. The van der Waals surface area contributed by atoms with E-state index in [2.05, 4.69) is 20.3 Å². The first kappa shape index (κ1) is 23.6. The Morgan fingerprint density at radius 3 is 2.48 bits per heavy atom. The molecule has 2 rings (SSSR count). The zero-order valence-corrected chi connectivity index (χ0v) is 16.6. The van der Waals surface area contributed by atoms with Crippen LogP contribution in [-0.2, 0) is 11.2 Å². The number of rotatable bonds is 10. The third-order valence-electron chi connectivity index (χ3n) is 4.76. The number of alkyl halides is 2. The molecular weight excluding hydrogens is 376 g/mol. The van der Waals surface area contributed by atoms with Crippen LogP contribution in [0.4, 0.5) is 8.78 Å². The number of likely N-dealkylation sites (tertiary alicyclic amines) is 1. The first-order valence-corrected chi connectivity index (χ1v) is 9.24. The van der Waals surface area contributed by atoms with Gasteiger partial charge in [0.25, 0.3) is 0 Å². The van der Waals surface area contributed by atoms with E-state index >= 15 is 0 Å². The topological polar surface area (TPSA) is 53.6 Å². The van der Waals surface area contributed by atoms with Gasteiger partial charge >= 0.3 is 6.61 Å². The van der Waals surface area contributed by atoms with Crippen molar-refractivity contribution in [3.05, 3.63) is 29.8 Å². The van der Waals surface area contributed by atoms with E-state index in [-0.39, 0.29) is 24.1 Å². The fraction of sp³-hybridized carbons (Fsp3) is 0.632. The lowest BCUT2D eigenvalue weighted by atomic mass is 9.93. The number of carbonyl (C=O) groups excluding carboxylic acids is 1. The van der Waals surface area contributed by atoms with Crippen molar-refractivity contribution >= 4 is 18.3 Å². The highest BCUT2D eigenvalue weighted by molar-refractivity contribution is 5.85. The lowest BCUT2D eigenvalue weighted by Gasteiger charge is -2.31. The predicted molar refractivity (Wildman–Crippen MR) is 105 cm³/mol. The highest BCUT2D eigenvalue weighted by atomic mass is 35.5. The normalized spacial score (nSPS) is 15.4. The van der Waals surface area contributed by atoms with Crippen LogP contribution in [-0.4, -0.2) is 57.2 Å². The van der Waals surface area contributed by atoms with Gasteiger partial charge in [-0.25, -0.2) is 0 Å². The molecule has 1 aromatic carbocycles. The molecule has 0 aromatic heterocycles. The quantitative estimate of drug-likeness (QED) is 0.628. The van der Waals surface area contributed by atoms with Crippen molar-refractivity contribution in [1.82, 2.24) is 15.5 Å². The van der Waals surface area contributed by atoms with Gasteiger partial charge in [0, 0.05) is 6.54 Å². The third kappa shape index (κ3) is 9.35. The molecule has 0 atom stereocenters. The zero-order valence-electron chi connectivity index (χ0n) is 15.8. The van der Waals surface area contributed by atoms with Crippen LogP contribution < -0.4 is 15.4 Å². The average molecular weight is 406 g/mol. The van der Waals surface area contributed by atoms with Gasteiger partial charge in [0.2, 0.25) is 5.91 Å². The summed E-state index contributed by atoms with van der Waals surface area (Å²) >= 11 is 0. The number of amides is 1. The molecule has 0 unspecified atom stereocenters. The molecule has 1 heterocycles. The zero-order chi connectivity index (χ0) is 18.8. The van der Waals surface area contributed by atoms with Crippen LogP contribution in [0.3, 0.4) is 0 Å². The number of hydrogen-bond acceptors (Lipinski definition) is 4. The lowest BCUT2D eigenvalue weighted by Crippen LogP contribution is -2.42. The van der Waals surface area contributed by atoms with Crippen LogP contribution in [0.25, 0.3) is 0 Å². The number of hydrogen-bond donors (Lipinski definition) is 2. The number of nitrogens with zero attached hydrogens (tertiary/aromatic N) is 1. The SMILES string of the molecule is CNCCC1CCN(CC(=O)NCCc2ccc(OC(F)F)cc2)CC1.Cl. The molecule has 1 fully saturated rings. The summed E-state index contributed by atoms with van der Waals surface area (Å²) < 4.78 is 28.5. The van der Waals surface area contributed by atoms with E-state index in [1.54, 1.807) is 12.1 Å². The summed E-state index contributed by atoms with van der Waals surface area (Å²) in [6.45, 7) is 1.18. The molecular formula is C19H30ClF2N3O2. The molecule has 1 saturated heterocycles. The van der Waals surface area contributed by atoms with Gasteiger partial charge in [-0.05, 0) is 76.0 Å². The molecule has 0 spiro atoms. The summed E-state index contributed by atoms with van der Waals surface area (Å²) in [7, 11) is 1.98. The molecule has 0 radical (unpaired) electrons. The predicted octanol–water partition coefficient (Wildman–Crippen LogP) is 2.69. The van der Waals surface area contributed by atoms with Crippen molar-refractivity contribution in [2.24, 2.45) is 5.92 Å². The number of piperidine rings is 1. The molecule has 2 N–H and O–H groups in total. The van der Waals surface area contributed by atoms with Crippen molar-refractivity contribution in [3.63, 3.8) is 0 Å². The molecule has 1 aliphatic rings. The number of carbonyl (C=O) groups is 1. The first-order chi connectivity index (χ1) is 12.6. The number of halogens is 3. The average Bonchev–Trinajstić information content (AvgIpc) is 2.62. The van der Waals surface area contributed by atoms with Gasteiger partial charge in [0.05, 0.1) is 6.54 Å². The lowest BCUT2D eigenvalue weighted by molar-refractivity contribution is -0.122. The van der Waals surface area contributed by atoms with Crippen LogP contribution in [0.5, 0.6) is 5.75 Å². The second kappa shape index (κ2) is 12.9. The molecule has 1 aromatic rings. The van der Waals surface area contributed by atoms with Crippen molar-refractivity contribution in [3.8, 4) is 5.75 Å². The van der Waals surface area contributed by atoms with Crippen LogP contribution in [0.2, 0.25) is 0 Å². The van der Waals surface area contributed by atoms with Crippen LogP contribution in [0.1, 0.15) is 24.8 Å². The van der Waals surface area contributed by atoms with E-state index in [0.717, 1.165) is 44.0 Å². The first-order valence-electron chi connectivity index (χ1n) is 9.24. The third-order valence-corrected chi connectivity index (χ3v) is 4.76. The summed E-state index contributed by atoms with van der Waals surface area (Å²) in [5.74, 6) is 0.945. The highest BCUT2D eigenvalue weighted by Crippen LogP contribution is 2.19. The smallest absolute Gasteiger partial charge is 0.387 e. The van der Waals surface area contributed by atoms with E-state index in [4.69, 9.17) is 0 Å². The Morgan fingerprint density at radius 1 is 1.22 bits per heavy atom. The molecule has 0 bridgehead atoms. The molecule has 1 aliphatic heterocycles. The Hall–Kier alpha value is -1.44. The largest absolute Gasteiger partial charge is 0.435 e. The maximum atomic E-state index is 12.1. The highest BCUT2D eigenvalue weighted by Gasteiger charge is 2.20. The minimum absolute atomic E-state index is 0. The Labute approximate surface area is 166 Å². The summed E-state index contributed by atoms with van der Waals surface area (Å²) in [5, 5.41) is 6.12.